The molecule has 1 aromatic carbocycles. The van der Waals surface area contributed by atoms with Crippen LogP contribution in [0.15, 0.2) is 24.3 Å². The number of carbonyl (C=O) groups excluding carboxylic acids is 2. The summed E-state index contributed by atoms with van der Waals surface area (Å²) in [5.74, 6) is -0.00850. The van der Waals surface area contributed by atoms with Crippen molar-refractivity contribution in [1.29, 1.82) is 0 Å². The number of carbonyl (C=O) groups is 2. The van der Waals surface area contributed by atoms with Crippen molar-refractivity contribution in [3.8, 4) is 0 Å². The Hall–Kier alpha value is -1.88. The number of hydrogen-bond donors (Lipinski definition) is 0. The third kappa shape index (κ3) is 3.16. The predicted octanol–water partition coefficient (Wildman–Crippen LogP) is 1.70. The van der Waals surface area contributed by atoms with Crippen LogP contribution in [-0.2, 0) is 22.4 Å². The van der Waals surface area contributed by atoms with Crippen molar-refractivity contribution in [3.05, 3.63) is 35.4 Å². The Kier molecular flexibility index (Phi) is 4.43. The number of hydrogen-bond acceptors (Lipinski definition) is 3. The largest absolute Gasteiger partial charge is 0.334 e. The number of piperidine rings is 1. The molecule has 0 saturated carbocycles. The second-order valence-electron chi connectivity index (χ2n) is 8.84. The lowest BCUT2D eigenvalue weighted by Crippen LogP contribution is -2.53. The zero-order valence-corrected chi connectivity index (χ0v) is 16.0. The van der Waals surface area contributed by atoms with E-state index >= 15 is 0 Å². The lowest BCUT2D eigenvalue weighted by molar-refractivity contribution is -0.153. The van der Waals surface area contributed by atoms with Gasteiger partial charge in [-0.25, -0.2) is 0 Å². The van der Waals surface area contributed by atoms with Crippen LogP contribution < -0.4 is 0 Å². The highest BCUT2D eigenvalue weighted by Gasteiger charge is 2.42. The molecule has 0 N–H and O–H groups in total. The molecule has 0 spiro atoms. The van der Waals surface area contributed by atoms with Crippen LogP contribution in [0.1, 0.15) is 36.8 Å². The van der Waals surface area contributed by atoms with E-state index in [1.54, 1.807) is 4.90 Å². The standard InChI is InChI=1S/C22H29N3O2/c26-21(23-9-3-4-10-23)22(27)25-14-16-7-8-19(25)15-24(13-16)20-11-17-5-1-2-6-18(17)12-20/h1-2,5-6,16,19-20H,3-4,7-15H2/t16-,19+/m0/s1. The zero-order chi connectivity index (χ0) is 18.4. The maximum absolute atomic E-state index is 13.0. The average molecular weight is 367 g/mol. The second kappa shape index (κ2) is 6.93. The van der Waals surface area contributed by atoms with Gasteiger partial charge in [-0.3, -0.25) is 14.5 Å². The number of nitrogens with zero attached hydrogens (tertiary/aromatic N) is 3. The molecule has 27 heavy (non-hydrogen) atoms. The minimum Gasteiger partial charge on any atom is -0.334 e. The quantitative estimate of drug-likeness (QED) is 0.710. The van der Waals surface area contributed by atoms with Gasteiger partial charge in [0.25, 0.3) is 0 Å². The van der Waals surface area contributed by atoms with Crippen LogP contribution in [-0.4, -0.2) is 71.3 Å². The minimum absolute atomic E-state index is 0.200. The fourth-order valence-corrected chi connectivity index (χ4v) is 5.64. The van der Waals surface area contributed by atoms with E-state index in [0.717, 1.165) is 64.8 Å². The summed E-state index contributed by atoms with van der Waals surface area (Å²) in [5, 5.41) is 0. The number of amides is 2. The van der Waals surface area contributed by atoms with Crippen molar-refractivity contribution in [2.24, 2.45) is 5.92 Å². The molecule has 6 rings (SSSR count). The number of likely N-dealkylation sites (tertiary alicyclic amines) is 1. The lowest BCUT2D eigenvalue weighted by atomic mass is 9.95. The van der Waals surface area contributed by atoms with E-state index in [4.69, 9.17) is 0 Å². The maximum Gasteiger partial charge on any atom is 0.312 e. The molecule has 4 saturated heterocycles. The fourth-order valence-electron chi connectivity index (χ4n) is 5.64. The topological polar surface area (TPSA) is 43.9 Å². The summed E-state index contributed by atoms with van der Waals surface area (Å²) in [7, 11) is 0. The average Bonchev–Trinajstić information content (AvgIpc) is 3.29. The molecule has 0 aromatic heterocycles. The molecule has 0 unspecified atom stereocenters. The van der Waals surface area contributed by atoms with Gasteiger partial charge in [-0.05, 0) is 55.6 Å². The minimum atomic E-state index is -0.264. The third-order valence-corrected chi connectivity index (χ3v) is 7.12. The Morgan fingerprint density at radius 3 is 2.22 bits per heavy atom. The second-order valence-corrected chi connectivity index (χ2v) is 8.84. The van der Waals surface area contributed by atoms with Gasteiger partial charge in [0.15, 0.2) is 0 Å². The van der Waals surface area contributed by atoms with E-state index in [0.29, 0.717) is 12.0 Å². The fraction of sp³-hybridized carbons (Fsp3) is 0.636. The van der Waals surface area contributed by atoms with Crippen LogP contribution in [0.2, 0.25) is 0 Å². The molecule has 2 bridgehead atoms. The van der Waals surface area contributed by atoms with E-state index in [2.05, 4.69) is 29.2 Å². The van der Waals surface area contributed by atoms with Crippen molar-refractivity contribution in [2.45, 2.75) is 50.6 Å². The Morgan fingerprint density at radius 2 is 1.52 bits per heavy atom. The van der Waals surface area contributed by atoms with E-state index in [1.165, 1.54) is 17.5 Å². The first kappa shape index (κ1) is 17.2. The Balaban J connectivity index is 1.29. The Bertz CT molecular complexity index is 718. The van der Waals surface area contributed by atoms with E-state index in [-0.39, 0.29) is 17.9 Å². The summed E-state index contributed by atoms with van der Waals surface area (Å²) in [6.07, 6.45) is 6.52. The normalized spacial score (nSPS) is 28.4. The van der Waals surface area contributed by atoms with Gasteiger partial charge in [-0.15, -0.1) is 0 Å². The summed E-state index contributed by atoms with van der Waals surface area (Å²) in [6, 6.07) is 9.54. The van der Waals surface area contributed by atoms with Gasteiger partial charge in [0.2, 0.25) is 0 Å². The van der Waals surface area contributed by atoms with Crippen LogP contribution in [0.4, 0.5) is 0 Å². The number of benzene rings is 1. The molecule has 144 valence electrons. The summed E-state index contributed by atoms with van der Waals surface area (Å²) < 4.78 is 0. The molecule has 5 nitrogen and oxygen atoms in total. The van der Waals surface area contributed by atoms with Crippen molar-refractivity contribution < 1.29 is 9.59 Å². The number of rotatable bonds is 1. The smallest absolute Gasteiger partial charge is 0.312 e. The molecular formula is C22H29N3O2. The summed E-state index contributed by atoms with van der Waals surface area (Å²) in [4.78, 5) is 31.9. The molecule has 1 aromatic rings. The summed E-state index contributed by atoms with van der Waals surface area (Å²) >= 11 is 0. The van der Waals surface area contributed by atoms with Crippen LogP contribution in [0.5, 0.6) is 0 Å². The SMILES string of the molecule is O=C(C(=O)N1C[C@H]2CC[C@@H]1CN(C1Cc3ccccc3C1)C2)N1CCCC1. The lowest BCUT2D eigenvalue weighted by Gasteiger charge is -2.36. The molecular weight excluding hydrogens is 338 g/mol. The van der Waals surface area contributed by atoms with Gasteiger partial charge in [0.05, 0.1) is 0 Å². The van der Waals surface area contributed by atoms with Crippen molar-refractivity contribution in [3.63, 3.8) is 0 Å². The molecule has 4 aliphatic heterocycles. The maximum atomic E-state index is 13.0. The Morgan fingerprint density at radius 1 is 0.815 bits per heavy atom. The molecule has 5 aliphatic rings. The van der Waals surface area contributed by atoms with E-state index < -0.39 is 0 Å². The van der Waals surface area contributed by atoms with Gasteiger partial charge in [-0.2, -0.15) is 0 Å². The van der Waals surface area contributed by atoms with Crippen LogP contribution >= 0.6 is 0 Å². The zero-order valence-electron chi connectivity index (χ0n) is 16.0. The van der Waals surface area contributed by atoms with Gasteiger partial charge < -0.3 is 9.80 Å². The summed E-state index contributed by atoms with van der Waals surface area (Å²) in [6.45, 7) is 4.25. The molecule has 4 heterocycles. The van der Waals surface area contributed by atoms with Gasteiger partial charge in [0.1, 0.15) is 0 Å². The highest BCUT2D eigenvalue weighted by atomic mass is 16.2. The first-order chi connectivity index (χ1) is 13.2. The van der Waals surface area contributed by atoms with E-state index in [9.17, 15) is 9.59 Å². The molecule has 2 amide bonds. The van der Waals surface area contributed by atoms with Crippen LogP contribution in [0.3, 0.4) is 0 Å². The monoisotopic (exact) mass is 367 g/mol. The third-order valence-electron chi connectivity index (χ3n) is 7.12. The van der Waals surface area contributed by atoms with Gasteiger partial charge in [0, 0.05) is 44.8 Å². The van der Waals surface area contributed by atoms with Crippen LogP contribution in [0, 0.1) is 5.92 Å². The van der Waals surface area contributed by atoms with Crippen molar-refractivity contribution in [1.82, 2.24) is 14.7 Å². The first-order valence-corrected chi connectivity index (χ1v) is 10.6. The van der Waals surface area contributed by atoms with Gasteiger partial charge in [-0.1, -0.05) is 24.3 Å². The van der Waals surface area contributed by atoms with Crippen molar-refractivity contribution >= 4 is 11.8 Å². The van der Waals surface area contributed by atoms with E-state index in [1.807, 2.05) is 4.90 Å². The molecule has 5 heteroatoms. The Labute approximate surface area is 161 Å². The molecule has 0 radical (unpaired) electrons. The van der Waals surface area contributed by atoms with Gasteiger partial charge >= 0.3 is 11.8 Å². The molecule has 1 aliphatic carbocycles. The van der Waals surface area contributed by atoms with Crippen LogP contribution in [0.25, 0.3) is 0 Å². The highest BCUT2D eigenvalue weighted by Crippen LogP contribution is 2.33. The highest BCUT2D eigenvalue weighted by molar-refractivity contribution is 6.35. The number of fused-ring (bicyclic) bond motifs is 5. The summed E-state index contributed by atoms with van der Waals surface area (Å²) in [5.41, 5.74) is 2.97. The predicted molar refractivity (Wildman–Crippen MR) is 103 cm³/mol. The first-order valence-electron chi connectivity index (χ1n) is 10.6. The molecule has 2 atom stereocenters. The van der Waals surface area contributed by atoms with Crippen molar-refractivity contribution in [2.75, 3.05) is 32.7 Å². The molecule has 4 fully saturated rings.